The van der Waals surface area contributed by atoms with Crippen molar-refractivity contribution in [2.75, 3.05) is 5.32 Å². The Morgan fingerprint density at radius 2 is 1.89 bits per heavy atom. The van der Waals surface area contributed by atoms with Crippen molar-refractivity contribution in [1.82, 2.24) is 0 Å². The van der Waals surface area contributed by atoms with Crippen LogP contribution in [0.15, 0.2) is 24.3 Å². The molecule has 0 amide bonds. The molecule has 100 valence electrons. The normalized spacial score (nSPS) is 23.2. The highest BCUT2D eigenvalue weighted by Gasteiger charge is 2.22. The van der Waals surface area contributed by atoms with Crippen molar-refractivity contribution < 1.29 is 0 Å². The SMILES string of the molecule is CCCCCc1ccc(NC2CCCC2C)cc1. The molecule has 1 fully saturated rings. The molecular formula is C17H27N. The van der Waals surface area contributed by atoms with Crippen molar-refractivity contribution in [3.05, 3.63) is 29.8 Å². The molecule has 1 aliphatic carbocycles. The summed E-state index contributed by atoms with van der Waals surface area (Å²) in [5, 5.41) is 3.69. The molecule has 18 heavy (non-hydrogen) atoms. The summed E-state index contributed by atoms with van der Waals surface area (Å²) in [5.41, 5.74) is 2.78. The van der Waals surface area contributed by atoms with E-state index in [0.29, 0.717) is 6.04 Å². The van der Waals surface area contributed by atoms with Crippen molar-refractivity contribution in [2.45, 2.75) is 64.8 Å². The summed E-state index contributed by atoms with van der Waals surface area (Å²) in [5.74, 6) is 0.828. The van der Waals surface area contributed by atoms with Gasteiger partial charge < -0.3 is 5.32 Å². The number of hydrogen-bond acceptors (Lipinski definition) is 1. The largest absolute Gasteiger partial charge is 0.382 e. The Morgan fingerprint density at radius 1 is 1.11 bits per heavy atom. The Hall–Kier alpha value is -0.980. The molecule has 0 saturated heterocycles. The Labute approximate surface area is 112 Å². The van der Waals surface area contributed by atoms with E-state index in [1.165, 1.54) is 56.2 Å². The quantitative estimate of drug-likeness (QED) is 0.694. The Balaban J connectivity index is 1.83. The average molecular weight is 245 g/mol. The molecule has 0 heterocycles. The standard InChI is InChI=1S/C17H27N/c1-3-4-5-8-15-10-12-16(13-11-15)18-17-9-6-7-14(17)2/h10-14,17-18H,3-9H2,1-2H3. The summed E-state index contributed by atoms with van der Waals surface area (Å²) in [4.78, 5) is 0. The van der Waals surface area contributed by atoms with E-state index in [9.17, 15) is 0 Å². The first-order chi connectivity index (χ1) is 8.79. The van der Waals surface area contributed by atoms with Crippen LogP contribution in [0.3, 0.4) is 0 Å². The van der Waals surface area contributed by atoms with E-state index in [2.05, 4.69) is 43.4 Å². The van der Waals surface area contributed by atoms with Gasteiger partial charge >= 0.3 is 0 Å². The third kappa shape index (κ3) is 3.76. The van der Waals surface area contributed by atoms with Crippen molar-refractivity contribution in [1.29, 1.82) is 0 Å². The van der Waals surface area contributed by atoms with Crippen LogP contribution in [0.4, 0.5) is 5.69 Å². The topological polar surface area (TPSA) is 12.0 Å². The van der Waals surface area contributed by atoms with Crippen molar-refractivity contribution in [2.24, 2.45) is 5.92 Å². The minimum atomic E-state index is 0.691. The van der Waals surface area contributed by atoms with Gasteiger partial charge in [0, 0.05) is 11.7 Å². The summed E-state index contributed by atoms with van der Waals surface area (Å²) in [7, 11) is 0. The van der Waals surface area contributed by atoms with Crippen LogP contribution >= 0.6 is 0 Å². The molecule has 1 nitrogen and oxygen atoms in total. The van der Waals surface area contributed by atoms with Gasteiger partial charge in [-0.05, 0) is 49.3 Å². The van der Waals surface area contributed by atoms with E-state index in [1.807, 2.05) is 0 Å². The maximum absolute atomic E-state index is 3.69. The van der Waals surface area contributed by atoms with E-state index < -0.39 is 0 Å². The molecule has 1 N–H and O–H groups in total. The number of hydrogen-bond donors (Lipinski definition) is 1. The zero-order valence-corrected chi connectivity index (χ0v) is 11.9. The zero-order valence-electron chi connectivity index (χ0n) is 11.9. The number of rotatable bonds is 6. The van der Waals surface area contributed by atoms with Gasteiger partial charge in [-0.15, -0.1) is 0 Å². The number of unbranched alkanes of at least 4 members (excludes halogenated alkanes) is 2. The Bertz CT molecular complexity index is 341. The fourth-order valence-electron chi connectivity index (χ4n) is 2.92. The van der Waals surface area contributed by atoms with Crippen LogP contribution in [0.5, 0.6) is 0 Å². The summed E-state index contributed by atoms with van der Waals surface area (Å²) in [6.45, 7) is 4.62. The third-order valence-corrected chi connectivity index (χ3v) is 4.24. The smallest absolute Gasteiger partial charge is 0.0342 e. The van der Waals surface area contributed by atoms with Gasteiger partial charge in [0.05, 0.1) is 0 Å². The van der Waals surface area contributed by atoms with Gasteiger partial charge in [-0.25, -0.2) is 0 Å². The highest BCUT2D eigenvalue weighted by Crippen LogP contribution is 2.28. The van der Waals surface area contributed by atoms with Crippen LogP contribution in [-0.4, -0.2) is 6.04 Å². The second-order valence-electron chi connectivity index (χ2n) is 5.81. The Morgan fingerprint density at radius 3 is 2.50 bits per heavy atom. The molecule has 2 rings (SSSR count). The third-order valence-electron chi connectivity index (χ3n) is 4.24. The average Bonchev–Trinajstić information content (AvgIpc) is 2.78. The summed E-state index contributed by atoms with van der Waals surface area (Å²) >= 11 is 0. The van der Waals surface area contributed by atoms with Crippen molar-refractivity contribution in [3.63, 3.8) is 0 Å². The van der Waals surface area contributed by atoms with Crippen LogP contribution in [0.2, 0.25) is 0 Å². The number of nitrogens with one attached hydrogen (secondary N) is 1. The maximum Gasteiger partial charge on any atom is 0.0342 e. The summed E-state index contributed by atoms with van der Waals surface area (Å²) in [6, 6.07) is 9.78. The molecule has 0 radical (unpaired) electrons. The van der Waals surface area contributed by atoms with E-state index in [4.69, 9.17) is 0 Å². The fourth-order valence-corrected chi connectivity index (χ4v) is 2.92. The molecule has 0 bridgehead atoms. The molecule has 0 aliphatic heterocycles. The molecule has 0 spiro atoms. The van der Waals surface area contributed by atoms with Crippen molar-refractivity contribution >= 4 is 5.69 Å². The van der Waals surface area contributed by atoms with Gasteiger partial charge in [-0.2, -0.15) is 0 Å². The maximum atomic E-state index is 3.69. The van der Waals surface area contributed by atoms with Gasteiger partial charge in [0.25, 0.3) is 0 Å². The Kier molecular flexibility index (Phi) is 5.10. The van der Waals surface area contributed by atoms with E-state index in [0.717, 1.165) is 5.92 Å². The number of benzene rings is 1. The van der Waals surface area contributed by atoms with Gasteiger partial charge in [-0.3, -0.25) is 0 Å². The second kappa shape index (κ2) is 6.82. The van der Waals surface area contributed by atoms with Crippen LogP contribution in [-0.2, 0) is 6.42 Å². The van der Waals surface area contributed by atoms with Gasteiger partial charge in [-0.1, -0.05) is 45.2 Å². The lowest BCUT2D eigenvalue weighted by molar-refractivity contribution is 0.556. The molecule has 1 saturated carbocycles. The molecule has 2 unspecified atom stereocenters. The minimum absolute atomic E-state index is 0.691. The molecule has 0 aromatic heterocycles. The first-order valence-electron chi connectivity index (χ1n) is 7.65. The predicted octanol–water partition coefficient (Wildman–Crippen LogP) is 5.02. The highest BCUT2D eigenvalue weighted by molar-refractivity contribution is 5.45. The minimum Gasteiger partial charge on any atom is -0.382 e. The lowest BCUT2D eigenvalue weighted by Gasteiger charge is -2.18. The number of anilines is 1. The first kappa shape index (κ1) is 13.5. The van der Waals surface area contributed by atoms with Crippen molar-refractivity contribution in [3.8, 4) is 0 Å². The predicted molar refractivity (Wildman–Crippen MR) is 80.1 cm³/mol. The zero-order chi connectivity index (χ0) is 12.8. The monoisotopic (exact) mass is 245 g/mol. The molecule has 1 heteroatoms. The van der Waals surface area contributed by atoms with Gasteiger partial charge in [0.15, 0.2) is 0 Å². The lowest BCUT2D eigenvalue weighted by atomic mass is 10.0. The summed E-state index contributed by atoms with van der Waals surface area (Å²) in [6.07, 6.45) is 9.30. The van der Waals surface area contributed by atoms with Gasteiger partial charge in [0.2, 0.25) is 0 Å². The molecular weight excluding hydrogens is 218 g/mol. The van der Waals surface area contributed by atoms with E-state index in [1.54, 1.807) is 0 Å². The van der Waals surface area contributed by atoms with Crippen LogP contribution < -0.4 is 5.32 Å². The summed E-state index contributed by atoms with van der Waals surface area (Å²) < 4.78 is 0. The second-order valence-corrected chi connectivity index (χ2v) is 5.81. The van der Waals surface area contributed by atoms with Crippen LogP contribution in [0, 0.1) is 5.92 Å². The molecule has 1 aromatic rings. The van der Waals surface area contributed by atoms with E-state index >= 15 is 0 Å². The number of aryl methyl sites for hydroxylation is 1. The van der Waals surface area contributed by atoms with Crippen LogP contribution in [0.1, 0.15) is 57.9 Å². The highest BCUT2D eigenvalue weighted by atomic mass is 14.9. The van der Waals surface area contributed by atoms with E-state index in [-0.39, 0.29) is 0 Å². The van der Waals surface area contributed by atoms with Crippen LogP contribution in [0.25, 0.3) is 0 Å². The molecule has 1 aliphatic rings. The lowest BCUT2D eigenvalue weighted by Crippen LogP contribution is -2.21. The first-order valence-corrected chi connectivity index (χ1v) is 7.65. The molecule has 2 atom stereocenters. The fraction of sp³-hybridized carbons (Fsp3) is 0.647. The molecule has 1 aromatic carbocycles. The van der Waals surface area contributed by atoms with Gasteiger partial charge in [0.1, 0.15) is 0 Å².